The number of nitrogens with one attached hydrogen (secondary N) is 1. The topological polar surface area (TPSA) is 71.5 Å². The van der Waals surface area contributed by atoms with E-state index in [1.54, 1.807) is 12.1 Å². The largest absolute Gasteiger partial charge is 0.391 e. The fraction of sp³-hybridized carbons (Fsp3) is 0.500. The average molecular weight is 317 g/mol. The lowest BCUT2D eigenvalue weighted by atomic mass is 10.2. The fourth-order valence-electron chi connectivity index (χ4n) is 1.42. The molecule has 1 aromatic rings. The molecule has 6 heteroatoms. The van der Waals surface area contributed by atoms with Gasteiger partial charge in [0, 0.05) is 19.3 Å². The highest BCUT2D eigenvalue weighted by atomic mass is 79.9. The van der Waals surface area contributed by atoms with E-state index in [0.717, 1.165) is 5.69 Å². The van der Waals surface area contributed by atoms with E-state index in [1.807, 2.05) is 6.92 Å². The summed E-state index contributed by atoms with van der Waals surface area (Å²) in [6, 6.07) is 3.49. The molecule has 0 aliphatic heterocycles. The third-order valence-electron chi connectivity index (χ3n) is 2.35. The number of nitrogens with zero attached hydrogens (tertiary/aromatic N) is 1. The molecular formula is C12H17BrN2O3. The summed E-state index contributed by atoms with van der Waals surface area (Å²) in [6.07, 6.45) is -0.105. The van der Waals surface area contributed by atoms with Gasteiger partial charge in [0.25, 0.3) is 5.91 Å². The second kappa shape index (κ2) is 7.45. The van der Waals surface area contributed by atoms with Gasteiger partial charge >= 0.3 is 0 Å². The number of pyridine rings is 1. The minimum Gasteiger partial charge on any atom is -0.391 e. The summed E-state index contributed by atoms with van der Waals surface area (Å²) < 4.78 is 5.32. The molecule has 0 radical (unpaired) electrons. The molecule has 0 aliphatic carbocycles. The van der Waals surface area contributed by atoms with Crippen molar-refractivity contribution in [3.63, 3.8) is 0 Å². The molecule has 0 saturated carbocycles. The quantitative estimate of drug-likeness (QED) is 0.776. The van der Waals surface area contributed by atoms with Gasteiger partial charge in [0.2, 0.25) is 0 Å². The molecule has 1 amide bonds. The van der Waals surface area contributed by atoms with E-state index < -0.39 is 6.10 Å². The third kappa shape index (κ3) is 4.72. The van der Waals surface area contributed by atoms with E-state index in [9.17, 15) is 9.90 Å². The van der Waals surface area contributed by atoms with Crippen LogP contribution in [0.5, 0.6) is 0 Å². The first-order valence-electron chi connectivity index (χ1n) is 5.63. The van der Waals surface area contributed by atoms with Crippen molar-refractivity contribution in [2.45, 2.75) is 19.4 Å². The van der Waals surface area contributed by atoms with Crippen molar-refractivity contribution < 1.29 is 14.6 Å². The fourth-order valence-corrected chi connectivity index (χ4v) is 2.01. The smallest absolute Gasteiger partial charge is 0.254 e. The lowest BCUT2D eigenvalue weighted by Gasteiger charge is -2.10. The van der Waals surface area contributed by atoms with Crippen LogP contribution >= 0.6 is 15.9 Å². The molecule has 18 heavy (non-hydrogen) atoms. The van der Waals surface area contributed by atoms with Gasteiger partial charge in [0.15, 0.2) is 0 Å². The Hall–Kier alpha value is -0.980. The Balaban J connectivity index is 2.45. The van der Waals surface area contributed by atoms with E-state index in [1.165, 1.54) is 7.11 Å². The zero-order valence-electron chi connectivity index (χ0n) is 10.4. The van der Waals surface area contributed by atoms with Crippen molar-refractivity contribution >= 4 is 21.8 Å². The predicted molar refractivity (Wildman–Crippen MR) is 71.5 cm³/mol. The minimum absolute atomic E-state index is 0.209. The summed E-state index contributed by atoms with van der Waals surface area (Å²) >= 11 is 3.25. The zero-order chi connectivity index (χ0) is 13.5. The van der Waals surface area contributed by atoms with Crippen molar-refractivity contribution in [3.8, 4) is 0 Å². The maximum atomic E-state index is 11.8. The molecule has 1 heterocycles. The molecule has 1 unspecified atom stereocenters. The molecule has 1 aromatic heterocycles. The molecule has 1 atom stereocenters. The van der Waals surface area contributed by atoms with Gasteiger partial charge in [-0.2, -0.15) is 0 Å². The predicted octanol–water partition coefficient (Wildman–Crippen LogP) is 1.28. The van der Waals surface area contributed by atoms with Gasteiger partial charge in [0.1, 0.15) is 4.60 Å². The van der Waals surface area contributed by atoms with Gasteiger partial charge < -0.3 is 15.2 Å². The van der Waals surface area contributed by atoms with Gasteiger partial charge in [0.05, 0.1) is 18.3 Å². The van der Waals surface area contributed by atoms with Crippen LogP contribution in [-0.2, 0) is 4.74 Å². The average Bonchev–Trinajstić information content (AvgIpc) is 2.29. The number of carbonyl (C=O) groups excluding carboxylic acids is 1. The Morgan fingerprint density at radius 3 is 2.94 bits per heavy atom. The lowest BCUT2D eigenvalue weighted by molar-refractivity contribution is 0.0587. The highest BCUT2D eigenvalue weighted by Gasteiger charge is 2.11. The van der Waals surface area contributed by atoms with E-state index >= 15 is 0 Å². The second-order valence-corrected chi connectivity index (χ2v) is 4.70. The molecule has 100 valence electrons. The maximum Gasteiger partial charge on any atom is 0.254 e. The van der Waals surface area contributed by atoms with Gasteiger partial charge in [-0.15, -0.1) is 0 Å². The molecule has 5 nitrogen and oxygen atoms in total. The monoisotopic (exact) mass is 316 g/mol. The Bertz CT molecular complexity index is 412. The van der Waals surface area contributed by atoms with Gasteiger partial charge in [-0.1, -0.05) is 0 Å². The molecule has 2 N–H and O–H groups in total. The van der Waals surface area contributed by atoms with E-state index in [-0.39, 0.29) is 12.5 Å². The summed E-state index contributed by atoms with van der Waals surface area (Å²) in [5.41, 5.74) is 1.33. The molecule has 0 bridgehead atoms. The van der Waals surface area contributed by atoms with Crippen LogP contribution in [0.3, 0.4) is 0 Å². The van der Waals surface area contributed by atoms with Crippen molar-refractivity contribution in [1.29, 1.82) is 0 Å². The number of ether oxygens (including phenoxy) is 1. The first kappa shape index (κ1) is 15.1. The second-order valence-electron chi connectivity index (χ2n) is 3.94. The van der Waals surface area contributed by atoms with Crippen molar-refractivity contribution in [1.82, 2.24) is 10.3 Å². The molecule has 0 fully saturated rings. The number of aromatic nitrogens is 1. The highest BCUT2D eigenvalue weighted by molar-refractivity contribution is 9.10. The zero-order valence-corrected chi connectivity index (χ0v) is 12.0. The Labute approximate surface area is 115 Å². The number of hydrogen-bond acceptors (Lipinski definition) is 4. The summed E-state index contributed by atoms with van der Waals surface area (Å²) in [6.45, 7) is 2.52. The number of rotatable bonds is 6. The minimum atomic E-state index is -0.560. The molecular weight excluding hydrogens is 300 g/mol. The van der Waals surface area contributed by atoms with E-state index in [4.69, 9.17) is 4.74 Å². The number of aliphatic hydroxyl groups is 1. The SMILES string of the molecule is COCC(O)CCNC(=O)c1ccc(C)nc1Br. The highest BCUT2D eigenvalue weighted by Crippen LogP contribution is 2.14. The number of aryl methyl sites for hydroxylation is 1. The van der Waals surface area contributed by atoms with Gasteiger partial charge in [-0.25, -0.2) is 4.98 Å². The molecule has 0 aliphatic rings. The normalized spacial score (nSPS) is 12.2. The van der Waals surface area contributed by atoms with Crippen molar-refractivity contribution in [2.75, 3.05) is 20.3 Å². The maximum absolute atomic E-state index is 11.8. The van der Waals surface area contributed by atoms with Crippen molar-refractivity contribution in [2.24, 2.45) is 0 Å². The summed E-state index contributed by atoms with van der Waals surface area (Å²) in [5, 5.41) is 12.1. The molecule has 0 saturated heterocycles. The van der Waals surface area contributed by atoms with Crippen LogP contribution in [-0.4, -0.2) is 42.4 Å². The van der Waals surface area contributed by atoms with Gasteiger partial charge in [-0.05, 0) is 41.4 Å². The number of hydrogen-bond donors (Lipinski definition) is 2. The molecule has 0 aromatic carbocycles. The van der Waals surface area contributed by atoms with Crippen molar-refractivity contribution in [3.05, 3.63) is 28.0 Å². The first-order chi connectivity index (χ1) is 8.54. The standard InChI is InChI=1S/C12H17BrN2O3/c1-8-3-4-10(11(13)15-8)12(17)14-6-5-9(16)7-18-2/h3-4,9,16H,5-7H2,1-2H3,(H,14,17). The number of methoxy groups -OCH3 is 1. The van der Waals surface area contributed by atoms with Crippen LogP contribution in [0.1, 0.15) is 22.5 Å². The molecule has 1 rings (SSSR count). The first-order valence-corrected chi connectivity index (χ1v) is 6.42. The van der Waals surface area contributed by atoms with Crippen LogP contribution in [0.4, 0.5) is 0 Å². The Morgan fingerprint density at radius 2 is 2.33 bits per heavy atom. The lowest BCUT2D eigenvalue weighted by Crippen LogP contribution is -2.28. The number of amides is 1. The molecule has 0 spiro atoms. The van der Waals surface area contributed by atoms with Crippen LogP contribution in [0.2, 0.25) is 0 Å². The Morgan fingerprint density at radius 1 is 1.61 bits per heavy atom. The summed E-state index contributed by atoms with van der Waals surface area (Å²) in [5.74, 6) is -0.209. The summed E-state index contributed by atoms with van der Waals surface area (Å²) in [4.78, 5) is 16.0. The van der Waals surface area contributed by atoms with Crippen LogP contribution in [0, 0.1) is 6.92 Å². The number of carbonyl (C=O) groups is 1. The van der Waals surface area contributed by atoms with Crippen LogP contribution in [0.25, 0.3) is 0 Å². The van der Waals surface area contributed by atoms with Crippen LogP contribution in [0.15, 0.2) is 16.7 Å². The van der Waals surface area contributed by atoms with E-state index in [0.29, 0.717) is 23.1 Å². The Kier molecular flexibility index (Phi) is 6.24. The summed E-state index contributed by atoms with van der Waals surface area (Å²) in [7, 11) is 1.52. The van der Waals surface area contributed by atoms with Gasteiger partial charge in [-0.3, -0.25) is 4.79 Å². The third-order valence-corrected chi connectivity index (χ3v) is 2.96. The van der Waals surface area contributed by atoms with E-state index in [2.05, 4.69) is 26.2 Å². The van der Waals surface area contributed by atoms with Crippen LogP contribution < -0.4 is 5.32 Å². The number of aliphatic hydroxyl groups excluding tert-OH is 1. The number of halogens is 1.